The molecule has 0 aliphatic rings. The molecule has 0 amide bonds. The molecule has 102 valence electrons. The van der Waals surface area contributed by atoms with Crippen LogP contribution in [0.1, 0.15) is 12.1 Å². The molecular weight excluding hydrogens is 232 g/mol. The van der Waals surface area contributed by atoms with E-state index in [0.29, 0.717) is 26.4 Å². The van der Waals surface area contributed by atoms with Crippen LogP contribution in [-0.4, -0.2) is 45.6 Å². The summed E-state index contributed by atoms with van der Waals surface area (Å²) in [6, 6.07) is 5.82. The molecule has 1 heterocycles. The van der Waals surface area contributed by atoms with Gasteiger partial charge in [-0.25, -0.2) is 4.98 Å². The second-order valence-electron chi connectivity index (χ2n) is 3.78. The van der Waals surface area contributed by atoms with Crippen LogP contribution in [0.25, 0.3) is 0 Å². The summed E-state index contributed by atoms with van der Waals surface area (Å²) in [5, 5.41) is 2.99. The predicted molar refractivity (Wildman–Crippen MR) is 70.8 cm³/mol. The Hall–Kier alpha value is -1.17. The van der Waals surface area contributed by atoms with Gasteiger partial charge in [-0.2, -0.15) is 0 Å². The van der Waals surface area contributed by atoms with Gasteiger partial charge in [-0.3, -0.25) is 0 Å². The quantitative estimate of drug-likeness (QED) is 0.644. The maximum absolute atomic E-state index is 5.48. The van der Waals surface area contributed by atoms with Crippen molar-refractivity contribution in [1.29, 1.82) is 0 Å². The Balaban J connectivity index is 2.03. The lowest BCUT2D eigenvalue weighted by Crippen LogP contribution is -2.07. The molecule has 18 heavy (non-hydrogen) atoms. The maximum Gasteiger partial charge on any atom is 0.126 e. The second-order valence-corrected chi connectivity index (χ2v) is 3.78. The standard InChI is InChI=1S/C13H22N2O3/c1-14-13-6-3-5-12(15-13)11-18-10-9-17-8-4-7-16-2/h3,5-6H,4,7-11H2,1-2H3,(H,14,15). The van der Waals surface area contributed by atoms with E-state index >= 15 is 0 Å². The van der Waals surface area contributed by atoms with Crippen LogP contribution in [0.5, 0.6) is 0 Å². The first-order chi connectivity index (χ1) is 8.86. The monoisotopic (exact) mass is 254 g/mol. The topological polar surface area (TPSA) is 52.6 Å². The Morgan fingerprint density at radius 1 is 1.11 bits per heavy atom. The summed E-state index contributed by atoms with van der Waals surface area (Å²) in [6.45, 7) is 3.15. The Bertz CT molecular complexity index is 321. The Morgan fingerprint density at radius 3 is 2.72 bits per heavy atom. The number of nitrogens with zero attached hydrogens (tertiary/aromatic N) is 1. The zero-order valence-corrected chi connectivity index (χ0v) is 11.1. The van der Waals surface area contributed by atoms with Gasteiger partial charge in [0.05, 0.1) is 25.5 Å². The fourth-order valence-electron chi connectivity index (χ4n) is 1.40. The van der Waals surface area contributed by atoms with Crippen LogP contribution in [0.4, 0.5) is 5.82 Å². The zero-order chi connectivity index (χ0) is 13.1. The summed E-state index contributed by atoms with van der Waals surface area (Å²) in [5.74, 6) is 0.854. The lowest BCUT2D eigenvalue weighted by atomic mass is 10.3. The highest BCUT2D eigenvalue weighted by atomic mass is 16.5. The van der Waals surface area contributed by atoms with Crippen molar-refractivity contribution in [2.24, 2.45) is 0 Å². The summed E-state index contributed by atoms with van der Waals surface area (Å²) in [4.78, 5) is 4.36. The first-order valence-electron chi connectivity index (χ1n) is 6.15. The van der Waals surface area contributed by atoms with Crippen molar-refractivity contribution in [2.75, 3.05) is 45.9 Å². The first-order valence-corrected chi connectivity index (χ1v) is 6.15. The highest BCUT2D eigenvalue weighted by Crippen LogP contribution is 2.04. The van der Waals surface area contributed by atoms with Gasteiger partial charge < -0.3 is 19.5 Å². The van der Waals surface area contributed by atoms with Crippen molar-refractivity contribution in [2.45, 2.75) is 13.0 Å². The van der Waals surface area contributed by atoms with Crippen LogP contribution in [0.2, 0.25) is 0 Å². The fraction of sp³-hybridized carbons (Fsp3) is 0.615. The van der Waals surface area contributed by atoms with Gasteiger partial charge in [0.1, 0.15) is 5.82 Å². The largest absolute Gasteiger partial charge is 0.385 e. The first kappa shape index (κ1) is 14.9. The molecule has 1 aromatic rings. The maximum atomic E-state index is 5.48. The van der Waals surface area contributed by atoms with E-state index in [0.717, 1.165) is 24.5 Å². The van der Waals surface area contributed by atoms with Gasteiger partial charge in [0.15, 0.2) is 0 Å². The van der Waals surface area contributed by atoms with Gasteiger partial charge in [-0.1, -0.05) is 6.07 Å². The van der Waals surface area contributed by atoms with Crippen molar-refractivity contribution in [1.82, 2.24) is 4.98 Å². The smallest absolute Gasteiger partial charge is 0.126 e. The van der Waals surface area contributed by atoms with Gasteiger partial charge in [0.2, 0.25) is 0 Å². The minimum Gasteiger partial charge on any atom is -0.385 e. The predicted octanol–water partition coefficient (Wildman–Crippen LogP) is 1.69. The van der Waals surface area contributed by atoms with Crippen molar-refractivity contribution in [3.63, 3.8) is 0 Å². The number of pyridine rings is 1. The molecule has 0 bridgehead atoms. The van der Waals surface area contributed by atoms with Crippen LogP contribution in [0.15, 0.2) is 18.2 Å². The molecule has 1 aromatic heterocycles. The summed E-state index contributed by atoms with van der Waals surface area (Å²) in [5.41, 5.74) is 0.918. The van der Waals surface area contributed by atoms with Crippen LogP contribution < -0.4 is 5.32 Å². The number of anilines is 1. The summed E-state index contributed by atoms with van der Waals surface area (Å²) >= 11 is 0. The second kappa shape index (κ2) is 9.82. The van der Waals surface area contributed by atoms with Crippen molar-refractivity contribution < 1.29 is 14.2 Å². The third-order valence-electron chi connectivity index (χ3n) is 2.32. The molecule has 5 heteroatoms. The molecule has 5 nitrogen and oxygen atoms in total. The molecule has 0 aliphatic heterocycles. The zero-order valence-electron chi connectivity index (χ0n) is 11.1. The lowest BCUT2D eigenvalue weighted by Gasteiger charge is -2.06. The van der Waals surface area contributed by atoms with Crippen molar-refractivity contribution >= 4 is 5.82 Å². The van der Waals surface area contributed by atoms with Gasteiger partial charge in [0.25, 0.3) is 0 Å². The summed E-state index contributed by atoms with van der Waals surface area (Å²) in [6.07, 6.45) is 0.919. The summed E-state index contributed by atoms with van der Waals surface area (Å²) in [7, 11) is 3.54. The molecule has 0 aromatic carbocycles. The molecule has 0 atom stereocenters. The van der Waals surface area contributed by atoms with Crippen molar-refractivity contribution in [3.8, 4) is 0 Å². The highest BCUT2D eigenvalue weighted by molar-refractivity contribution is 5.33. The van der Waals surface area contributed by atoms with E-state index < -0.39 is 0 Å². The van der Waals surface area contributed by atoms with E-state index in [9.17, 15) is 0 Å². The van der Waals surface area contributed by atoms with Crippen LogP contribution in [-0.2, 0) is 20.8 Å². The molecule has 1 N–H and O–H groups in total. The molecule has 0 radical (unpaired) electrons. The third kappa shape index (κ3) is 6.54. The molecule has 0 aliphatic carbocycles. The minimum absolute atomic E-state index is 0.511. The number of hydrogen-bond acceptors (Lipinski definition) is 5. The molecule has 0 unspecified atom stereocenters. The number of ether oxygens (including phenoxy) is 3. The van der Waals surface area contributed by atoms with Crippen LogP contribution in [0, 0.1) is 0 Å². The Morgan fingerprint density at radius 2 is 1.94 bits per heavy atom. The average molecular weight is 254 g/mol. The number of aromatic nitrogens is 1. The van der Waals surface area contributed by atoms with Crippen molar-refractivity contribution in [3.05, 3.63) is 23.9 Å². The minimum atomic E-state index is 0.511. The van der Waals surface area contributed by atoms with E-state index in [1.165, 1.54) is 0 Å². The Kier molecular flexibility index (Phi) is 8.12. The molecular formula is C13H22N2O3. The highest BCUT2D eigenvalue weighted by Gasteiger charge is 1.96. The molecule has 0 saturated carbocycles. The normalized spacial score (nSPS) is 10.6. The molecule has 0 fully saturated rings. The fourth-order valence-corrected chi connectivity index (χ4v) is 1.40. The van der Waals surface area contributed by atoms with Crippen LogP contribution in [0.3, 0.4) is 0 Å². The summed E-state index contributed by atoms with van der Waals surface area (Å²) < 4.78 is 15.8. The van der Waals surface area contributed by atoms with Gasteiger partial charge in [0, 0.05) is 27.4 Å². The van der Waals surface area contributed by atoms with Gasteiger partial charge in [-0.15, -0.1) is 0 Å². The van der Waals surface area contributed by atoms with E-state index in [1.807, 2.05) is 25.2 Å². The number of methoxy groups -OCH3 is 1. The lowest BCUT2D eigenvalue weighted by molar-refractivity contribution is 0.0328. The molecule has 1 rings (SSSR count). The third-order valence-corrected chi connectivity index (χ3v) is 2.32. The van der Waals surface area contributed by atoms with Gasteiger partial charge in [-0.05, 0) is 18.6 Å². The number of hydrogen-bond donors (Lipinski definition) is 1. The average Bonchev–Trinajstić information content (AvgIpc) is 2.42. The number of rotatable bonds is 10. The van der Waals surface area contributed by atoms with E-state index in [4.69, 9.17) is 14.2 Å². The van der Waals surface area contributed by atoms with E-state index in [1.54, 1.807) is 7.11 Å². The number of nitrogens with one attached hydrogen (secondary N) is 1. The molecule has 0 spiro atoms. The van der Waals surface area contributed by atoms with Gasteiger partial charge >= 0.3 is 0 Å². The van der Waals surface area contributed by atoms with E-state index in [-0.39, 0.29) is 0 Å². The van der Waals surface area contributed by atoms with Crippen LogP contribution >= 0.6 is 0 Å². The Labute approximate surface area is 108 Å². The van der Waals surface area contributed by atoms with E-state index in [2.05, 4.69) is 10.3 Å². The SMILES string of the molecule is CNc1cccc(COCCOCCCOC)n1. The molecule has 0 saturated heterocycles.